The van der Waals surface area contributed by atoms with Crippen LogP contribution in [0.3, 0.4) is 0 Å². The molecule has 0 fully saturated rings. The molecule has 0 bridgehead atoms. The molecule has 0 aliphatic carbocycles. The van der Waals surface area contributed by atoms with Crippen LogP contribution in [-0.4, -0.2) is 14.7 Å². The summed E-state index contributed by atoms with van der Waals surface area (Å²) in [5.74, 6) is -2.67. The first kappa shape index (κ1) is 11.5. The summed E-state index contributed by atoms with van der Waals surface area (Å²) < 4.78 is 37.3. The molecule has 15 heavy (non-hydrogen) atoms. The molecule has 0 N–H and O–H groups in total. The van der Waals surface area contributed by atoms with Gasteiger partial charge in [-0.3, -0.25) is 4.21 Å². The smallest absolute Gasteiger partial charge is 0.373 e. The quantitative estimate of drug-likeness (QED) is 0.339. The van der Waals surface area contributed by atoms with Gasteiger partial charge in [-0.15, -0.1) is 0 Å². The van der Waals surface area contributed by atoms with Crippen molar-refractivity contribution < 1.29 is 22.7 Å². The molecule has 0 saturated heterocycles. The van der Waals surface area contributed by atoms with Crippen LogP contribution in [0.5, 0.6) is 5.75 Å². The lowest BCUT2D eigenvalue weighted by atomic mass is 10.3. The molecule has 1 rings (SSSR count). The molecule has 1 unspecified atom stereocenters. The van der Waals surface area contributed by atoms with Crippen molar-refractivity contribution in [2.45, 2.75) is 0 Å². The zero-order chi connectivity index (χ0) is 11.3. The maximum Gasteiger partial charge on any atom is 0.373 e. The van der Waals surface area contributed by atoms with E-state index in [0.717, 1.165) is 0 Å². The number of rotatable bonds is 3. The van der Waals surface area contributed by atoms with Crippen LogP contribution in [0, 0.1) is 0 Å². The van der Waals surface area contributed by atoms with Gasteiger partial charge in [0.15, 0.2) is 0 Å². The Hall–Kier alpha value is -1.53. The highest BCUT2D eigenvalue weighted by molar-refractivity contribution is 7.82. The first-order valence-corrected chi connectivity index (χ1v) is 4.96. The topological polar surface area (TPSA) is 66.4 Å². The molecular weight excluding hydrogens is 223 g/mol. The molecule has 0 radical (unpaired) electrons. The Morgan fingerprint density at radius 1 is 1.40 bits per heavy atom. The van der Waals surface area contributed by atoms with Gasteiger partial charge in [0.1, 0.15) is 5.75 Å². The summed E-state index contributed by atoms with van der Waals surface area (Å²) in [4.78, 5) is 10.9. The summed E-state index contributed by atoms with van der Waals surface area (Å²) in [6.07, 6.45) is 0. The van der Waals surface area contributed by atoms with Gasteiger partial charge in [0.2, 0.25) is 5.83 Å². The van der Waals surface area contributed by atoms with Gasteiger partial charge in [-0.05, 0) is 23.2 Å². The zero-order valence-corrected chi connectivity index (χ0v) is 8.20. The van der Waals surface area contributed by atoms with Crippen molar-refractivity contribution in [2.24, 2.45) is 0 Å². The van der Waals surface area contributed by atoms with Gasteiger partial charge in [-0.25, -0.2) is 4.79 Å². The SMILES string of the molecule is O=C(Oc1ccccc1)C(F)=CS(=O)[O-]. The predicted octanol–water partition coefficient (Wildman–Crippen LogP) is 1.28. The highest BCUT2D eigenvalue weighted by Crippen LogP contribution is 2.11. The summed E-state index contributed by atoms with van der Waals surface area (Å²) in [7, 11) is 0. The summed E-state index contributed by atoms with van der Waals surface area (Å²) in [5, 5.41) is 0.144. The Morgan fingerprint density at radius 2 is 2.00 bits per heavy atom. The second-order valence-corrected chi connectivity index (χ2v) is 3.19. The molecule has 4 nitrogen and oxygen atoms in total. The highest BCUT2D eigenvalue weighted by Gasteiger charge is 2.10. The van der Waals surface area contributed by atoms with Crippen molar-refractivity contribution >= 4 is 17.0 Å². The molecule has 0 saturated carbocycles. The second kappa shape index (κ2) is 5.38. The van der Waals surface area contributed by atoms with Gasteiger partial charge in [0.05, 0.1) is 0 Å². The van der Waals surface area contributed by atoms with Gasteiger partial charge >= 0.3 is 5.97 Å². The zero-order valence-electron chi connectivity index (χ0n) is 7.38. The van der Waals surface area contributed by atoms with Gasteiger partial charge in [-0.2, -0.15) is 4.39 Å². The van der Waals surface area contributed by atoms with E-state index in [1.54, 1.807) is 18.2 Å². The van der Waals surface area contributed by atoms with Crippen LogP contribution in [0.4, 0.5) is 4.39 Å². The van der Waals surface area contributed by atoms with Crippen LogP contribution in [-0.2, 0) is 15.9 Å². The van der Waals surface area contributed by atoms with Crippen molar-refractivity contribution in [3.8, 4) is 5.75 Å². The van der Waals surface area contributed by atoms with Crippen LogP contribution >= 0.6 is 0 Å². The van der Waals surface area contributed by atoms with Crippen LogP contribution in [0.1, 0.15) is 0 Å². The molecule has 6 heteroatoms. The maximum absolute atomic E-state index is 12.7. The third kappa shape index (κ3) is 4.01. The minimum atomic E-state index is -2.76. The van der Waals surface area contributed by atoms with E-state index in [9.17, 15) is 17.9 Å². The predicted molar refractivity (Wildman–Crippen MR) is 50.2 cm³/mol. The van der Waals surface area contributed by atoms with Crippen molar-refractivity contribution in [3.05, 3.63) is 41.6 Å². The lowest BCUT2D eigenvalue weighted by Gasteiger charge is -2.02. The number of para-hydroxylation sites is 1. The first-order chi connectivity index (χ1) is 7.09. The summed E-state index contributed by atoms with van der Waals surface area (Å²) in [6.45, 7) is 0. The van der Waals surface area contributed by atoms with Crippen LogP contribution < -0.4 is 4.74 Å². The van der Waals surface area contributed by atoms with E-state index in [-0.39, 0.29) is 11.2 Å². The van der Waals surface area contributed by atoms with Gasteiger partial charge in [0, 0.05) is 5.41 Å². The first-order valence-electron chi connectivity index (χ1n) is 3.82. The normalized spacial score (nSPS) is 13.3. The Bertz CT molecular complexity index is 402. The van der Waals surface area contributed by atoms with Crippen LogP contribution in [0.15, 0.2) is 41.6 Å². The second-order valence-electron chi connectivity index (χ2n) is 2.43. The van der Waals surface area contributed by atoms with Crippen molar-refractivity contribution in [2.75, 3.05) is 0 Å². The molecule has 0 aliphatic rings. The standard InChI is InChI=1S/C9H7FO4S/c10-8(6-15(12)13)9(11)14-7-4-2-1-3-5-7/h1-6H,(H,12,13)/p-1. The Kier molecular flexibility index (Phi) is 4.14. The molecule has 80 valence electrons. The number of carbonyl (C=O) groups excluding carboxylic acids is 1. The lowest BCUT2D eigenvalue weighted by molar-refractivity contribution is -0.131. The molecular formula is C9H6FO4S-. The third-order valence-corrected chi connectivity index (χ3v) is 1.75. The number of hydrogen-bond acceptors (Lipinski definition) is 4. The summed E-state index contributed by atoms with van der Waals surface area (Å²) >= 11 is -2.76. The van der Waals surface area contributed by atoms with E-state index in [1.165, 1.54) is 12.1 Å². The van der Waals surface area contributed by atoms with E-state index < -0.39 is 22.9 Å². The highest BCUT2D eigenvalue weighted by atomic mass is 32.2. The minimum absolute atomic E-state index is 0.141. The minimum Gasteiger partial charge on any atom is -0.769 e. The van der Waals surface area contributed by atoms with Gasteiger partial charge in [0.25, 0.3) is 0 Å². The van der Waals surface area contributed by atoms with Crippen molar-refractivity contribution in [3.63, 3.8) is 0 Å². The fraction of sp³-hybridized carbons (Fsp3) is 0. The number of carbonyl (C=O) groups is 1. The average Bonchev–Trinajstić information content (AvgIpc) is 2.18. The van der Waals surface area contributed by atoms with Gasteiger partial charge in [-0.1, -0.05) is 18.2 Å². The third-order valence-electron chi connectivity index (χ3n) is 1.35. The number of halogens is 1. The van der Waals surface area contributed by atoms with Crippen LogP contribution in [0.25, 0.3) is 0 Å². The fourth-order valence-electron chi connectivity index (χ4n) is 0.777. The number of ether oxygens (including phenoxy) is 1. The molecule has 0 heterocycles. The van der Waals surface area contributed by atoms with Crippen molar-refractivity contribution in [1.82, 2.24) is 0 Å². The Morgan fingerprint density at radius 3 is 2.53 bits per heavy atom. The molecule has 0 spiro atoms. The maximum atomic E-state index is 12.7. The van der Waals surface area contributed by atoms with Crippen LogP contribution in [0.2, 0.25) is 0 Å². The largest absolute Gasteiger partial charge is 0.769 e. The summed E-state index contributed by atoms with van der Waals surface area (Å²) in [5.41, 5.74) is 0. The molecule has 0 amide bonds. The van der Waals surface area contributed by atoms with E-state index in [0.29, 0.717) is 0 Å². The van der Waals surface area contributed by atoms with Crippen molar-refractivity contribution in [1.29, 1.82) is 0 Å². The van der Waals surface area contributed by atoms with E-state index in [1.807, 2.05) is 0 Å². The van der Waals surface area contributed by atoms with Gasteiger partial charge < -0.3 is 9.29 Å². The lowest BCUT2D eigenvalue weighted by Crippen LogP contribution is -2.08. The number of esters is 1. The fourth-order valence-corrected chi connectivity index (χ4v) is 1.04. The Balaban J connectivity index is 2.68. The van der Waals surface area contributed by atoms with E-state index in [2.05, 4.69) is 4.74 Å². The Labute approximate surface area is 87.7 Å². The monoisotopic (exact) mass is 229 g/mol. The molecule has 0 aromatic heterocycles. The van der Waals surface area contributed by atoms with E-state index in [4.69, 9.17) is 0 Å². The molecule has 0 aliphatic heterocycles. The molecule has 1 aromatic rings. The van der Waals surface area contributed by atoms with E-state index >= 15 is 0 Å². The molecule has 1 aromatic carbocycles. The number of hydrogen-bond donors (Lipinski definition) is 0. The number of benzene rings is 1. The summed E-state index contributed by atoms with van der Waals surface area (Å²) in [6, 6.07) is 7.76. The molecule has 1 atom stereocenters. The average molecular weight is 229 g/mol.